The average Bonchev–Trinajstić information content (AvgIpc) is 3.34. The van der Waals surface area contributed by atoms with Crippen LogP contribution in [0.3, 0.4) is 0 Å². The lowest BCUT2D eigenvalue weighted by Gasteiger charge is -2.33. The summed E-state index contributed by atoms with van der Waals surface area (Å²) >= 11 is 1.03. The number of aryl methyl sites for hydroxylation is 1. The molecule has 2 N–H and O–H groups in total. The summed E-state index contributed by atoms with van der Waals surface area (Å²) < 4.78 is 70.9. The normalized spacial score (nSPS) is 19.2. The number of alkyl halides is 5. The first kappa shape index (κ1) is 34.6. The van der Waals surface area contributed by atoms with Crippen molar-refractivity contribution < 1.29 is 26.7 Å². The molecule has 0 radical (unpaired) electrons. The van der Waals surface area contributed by atoms with E-state index in [0.717, 1.165) is 65.4 Å². The molecule has 2 aromatic carbocycles. The lowest BCUT2D eigenvalue weighted by Crippen LogP contribution is -2.39. The number of nitriles is 1. The summed E-state index contributed by atoms with van der Waals surface area (Å²) in [7, 11) is 0. The Morgan fingerprint density at radius 3 is 2.49 bits per heavy atom. The topological polar surface area (TPSA) is 98.9 Å². The van der Waals surface area contributed by atoms with Crippen molar-refractivity contribution in [2.24, 2.45) is 0 Å². The quantitative estimate of drug-likeness (QED) is 0.112. The zero-order valence-corrected chi connectivity index (χ0v) is 28.5. The predicted molar refractivity (Wildman–Crippen MR) is 187 cm³/mol. The summed E-state index contributed by atoms with van der Waals surface area (Å²) in [5, 5.41) is 17.6. The molecule has 2 aliphatic rings. The number of likely N-dealkylation sites (tertiary alicyclic amines) is 1. The number of hydrogen-bond acceptors (Lipinski definition) is 7. The van der Waals surface area contributed by atoms with Crippen LogP contribution in [-0.4, -0.2) is 56.6 Å². The van der Waals surface area contributed by atoms with Gasteiger partial charge in [0, 0.05) is 60.1 Å². The first-order chi connectivity index (χ1) is 24.3. The molecule has 4 heterocycles. The average molecular weight is 720 g/mol. The van der Waals surface area contributed by atoms with Gasteiger partial charge in [-0.05, 0) is 72.9 Å². The van der Waals surface area contributed by atoms with Gasteiger partial charge in [-0.1, -0.05) is 24.8 Å². The number of benzene rings is 2. The minimum Gasteiger partial charge on any atom is -0.367 e. The van der Waals surface area contributed by atoms with E-state index in [1.165, 1.54) is 12.4 Å². The first-order valence-electron chi connectivity index (χ1n) is 16.5. The van der Waals surface area contributed by atoms with Crippen LogP contribution in [0.1, 0.15) is 46.5 Å². The van der Waals surface area contributed by atoms with Crippen LogP contribution < -0.4 is 10.6 Å². The molecule has 14 heteroatoms. The maximum Gasteiger partial charge on any atom is 0.393 e. The maximum atomic E-state index is 15.2. The SMILES string of the molecule is C=CC(=O)Nc1ccc(C2(Cn3c(C#N)cc4c(C)c(CN5CCC(Nc6ncnc7sc(CC(F)(F)F)cc67)CC5)ccc43)CC2(F)F)cc1. The van der Waals surface area contributed by atoms with Gasteiger partial charge >= 0.3 is 6.18 Å². The minimum absolute atomic E-state index is 0.0717. The van der Waals surface area contributed by atoms with Gasteiger partial charge in [-0.2, -0.15) is 18.4 Å². The van der Waals surface area contributed by atoms with Gasteiger partial charge in [0.05, 0.1) is 17.2 Å². The maximum absolute atomic E-state index is 15.2. The molecule has 1 saturated heterocycles. The third-order valence-corrected chi connectivity index (χ3v) is 11.1. The van der Waals surface area contributed by atoms with Gasteiger partial charge in [0.2, 0.25) is 5.91 Å². The fourth-order valence-corrected chi connectivity index (χ4v) is 8.20. The molecule has 2 fully saturated rings. The zero-order chi connectivity index (χ0) is 36.1. The number of aromatic nitrogens is 3. The smallest absolute Gasteiger partial charge is 0.367 e. The van der Waals surface area contributed by atoms with Crippen molar-refractivity contribution in [3.63, 3.8) is 0 Å². The van der Waals surface area contributed by atoms with Gasteiger partial charge in [-0.3, -0.25) is 9.69 Å². The van der Waals surface area contributed by atoms with Crippen LogP contribution in [-0.2, 0) is 29.7 Å². The van der Waals surface area contributed by atoms with Crippen molar-refractivity contribution in [3.8, 4) is 6.07 Å². The van der Waals surface area contributed by atoms with Crippen LogP contribution in [0.4, 0.5) is 33.5 Å². The van der Waals surface area contributed by atoms with Crippen LogP contribution in [0.15, 0.2) is 67.5 Å². The van der Waals surface area contributed by atoms with Crippen molar-refractivity contribution in [2.45, 2.75) is 69.3 Å². The Kier molecular flexibility index (Phi) is 8.83. The molecule has 1 saturated carbocycles. The van der Waals surface area contributed by atoms with Crippen LogP contribution >= 0.6 is 11.3 Å². The number of fused-ring (bicyclic) bond motifs is 2. The van der Waals surface area contributed by atoms with E-state index in [0.29, 0.717) is 39.5 Å². The van der Waals surface area contributed by atoms with Crippen LogP contribution in [0.2, 0.25) is 0 Å². The van der Waals surface area contributed by atoms with Crippen LogP contribution in [0.5, 0.6) is 0 Å². The number of anilines is 2. The number of rotatable bonds is 10. The van der Waals surface area contributed by atoms with Crippen molar-refractivity contribution in [2.75, 3.05) is 23.7 Å². The van der Waals surface area contributed by atoms with Crippen molar-refractivity contribution in [3.05, 3.63) is 94.8 Å². The van der Waals surface area contributed by atoms with Gasteiger partial charge in [-0.15, -0.1) is 11.3 Å². The van der Waals surface area contributed by atoms with Gasteiger partial charge in [-0.25, -0.2) is 18.7 Å². The molecule has 1 amide bonds. The largest absolute Gasteiger partial charge is 0.393 e. The van der Waals surface area contributed by atoms with E-state index in [1.807, 2.05) is 19.1 Å². The number of hydrogen-bond donors (Lipinski definition) is 2. The zero-order valence-electron chi connectivity index (χ0n) is 27.7. The highest BCUT2D eigenvalue weighted by Gasteiger charge is 2.72. The highest BCUT2D eigenvalue weighted by Crippen LogP contribution is 2.63. The van der Waals surface area contributed by atoms with E-state index in [-0.39, 0.29) is 23.9 Å². The highest BCUT2D eigenvalue weighted by molar-refractivity contribution is 7.18. The molecule has 51 heavy (non-hydrogen) atoms. The third kappa shape index (κ3) is 6.80. The molecule has 1 aliphatic heterocycles. The molecule has 264 valence electrons. The molecule has 7 rings (SSSR count). The molecular formula is C37H34F5N7OS. The Bertz CT molecular complexity index is 2180. The van der Waals surface area contributed by atoms with E-state index >= 15 is 8.78 Å². The van der Waals surface area contributed by atoms with Gasteiger partial charge in [0.25, 0.3) is 5.92 Å². The van der Waals surface area contributed by atoms with E-state index < -0.39 is 29.8 Å². The number of thiophene rings is 1. The van der Waals surface area contributed by atoms with Crippen molar-refractivity contribution >= 4 is 49.9 Å². The molecule has 1 atom stereocenters. The number of halogens is 5. The molecule has 0 spiro atoms. The Balaban J connectivity index is 1.04. The van der Waals surface area contributed by atoms with E-state index in [4.69, 9.17) is 0 Å². The molecule has 1 aliphatic carbocycles. The summed E-state index contributed by atoms with van der Waals surface area (Å²) in [4.78, 5) is 23.2. The fourth-order valence-electron chi connectivity index (χ4n) is 7.18. The van der Waals surface area contributed by atoms with Crippen molar-refractivity contribution in [1.29, 1.82) is 5.26 Å². The number of carbonyl (C=O) groups is 1. The van der Waals surface area contributed by atoms with Crippen molar-refractivity contribution in [1.82, 2.24) is 19.4 Å². The first-order valence-corrected chi connectivity index (χ1v) is 17.3. The summed E-state index contributed by atoms with van der Waals surface area (Å²) in [6.07, 6.45) is -1.52. The predicted octanol–water partition coefficient (Wildman–Crippen LogP) is 8.11. The monoisotopic (exact) mass is 719 g/mol. The van der Waals surface area contributed by atoms with E-state index in [9.17, 15) is 23.2 Å². The number of carbonyl (C=O) groups excluding carboxylic acids is 1. The van der Waals surface area contributed by atoms with Gasteiger partial charge < -0.3 is 15.2 Å². The highest BCUT2D eigenvalue weighted by atomic mass is 32.1. The number of nitrogens with zero attached hydrogens (tertiary/aromatic N) is 5. The second-order valence-corrected chi connectivity index (χ2v) is 14.5. The van der Waals surface area contributed by atoms with E-state index in [1.54, 1.807) is 34.9 Å². The lowest BCUT2D eigenvalue weighted by molar-refractivity contribution is -0.126. The van der Waals surface area contributed by atoms with Gasteiger partial charge in [0.1, 0.15) is 28.7 Å². The lowest BCUT2D eigenvalue weighted by atomic mass is 9.94. The number of nitrogens with one attached hydrogen (secondary N) is 2. The molecule has 1 unspecified atom stereocenters. The summed E-state index contributed by atoms with van der Waals surface area (Å²) in [6.45, 7) is 7.58. The molecule has 0 bridgehead atoms. The Morgan fingerprint density at radius 1 is 1.12 bits per heavy atom. The molecular weight excluding hydrogens is 686 g/mol. The third-order valence-electron chi connectivity index (χ3n) is 10.1. The number of amides is 1. The van der Waals surface area contributed by atoms with Gasteiger partial charge in [0.15, 0.2) is 0 Å². The molecule has 5 aromatic rings. The standard InChI is InChI=1S/C37H34F5N7OS/c1-3-32(50)46-25-7-5-24(6-8-25)35(19-36(35,38)39)20-49-27(17-43)14-29-22(2)23(4-9-31(29)49)18-48-12-10-26(11-13-48)47-33-30-15-28(16-37(40,41)42)51-34(30)45-21-44-33/h3-9,14-15,21,26H,1,10-13,16,18-20H2,2H3,(H,46,50)(H,44,45,47). The summed E-state index contributed by atoms with van der Waals surface area (Å²) in [5.41, 5.74) is 2.52. The Labute approximate surface area is 294 Å². The van der Waals surface area contributed by atoms with E-state index in [2.05, 4.69) is 38.1 Å². The Hall–Kier alpha value is -4.87. The second-order valence-electron chi connectivity index (χ2n) is 13.4. The second kappa shape index (κ2) is 13.0. The number of piperidine rings is 1. The summed E-state index contributed by atoms with van der Waals surface area (Å²) in [5.74, 6) is -2.81. The Morgan fingerprint density at radius 2 is 1.84 bits per heavy atom. The van der Waals surface area contributed by atoms with Crippen LogP contribution in [0, 0.1) is 18.3 Å². The summed E-state index contributed by atoms with van der Waals surface area (Å²) in [6, 6.07) is 15.9. The fraction of sp³-hybridized carbons (Fsp3) is 0.351. The molecule has 8 nitrogen and oxygen atoms in total. The minimum atomic E-state index is -4.29. The van der Waals surface area contributed by atoms with Crippen LogP contribution in [0.25, 0.3) is 21.1 Å². The molecule has 3 aromatic heterocycles.